The van der Waals surface area contributed by atoms with Gasteiger partial charge in [0.05, 0.1) is 31.5 Å². The van der Waals surface area contributed by atoms with Crippen molar-refractivity contribution in [2.75, 3.05) is 27.2 Å². The van der Waals surface area contributed by atoms with E-state index in [0.717, 1.165) is 5.56 Å². The summed E-state index contributed by atoms with van der Waals surface area (Å²) in [6.07, 6.45) is -6.05. The molecule has 3 N–H and O–H groups in total. The van der Waals surface area contributed by atoms with Crippen molar-refractivity contribution in [3.8, 4) is 0 Å². The van der Waals surface area contributed by atoms with Crippen molar-refractivity contribution in [2.45, 2.75) is 168 Å². The minimum Gasteiger partial charge on any atom is -0.456 e. The van der Waals surface area contributed by atoms with Gasteiger partial charge in [-0.3, -0.25) is 4.79 Å². The Kier molecular flexibility index (Phi) is 12.3. The molecular weight excluding hydrogens is 760 g/mol. The minimum atomic E-state index is -1.80. The van der Waals surface area contributed by atoms with Crippen LogP contribution in [0.1, 0.15) is 101 Å². The maximum absolute atomic E-state index is 14.3. The zero-order chi connectivity index (χ0) is 43.7. The molecular formula is C45H68N2O12. The van der Waals surface area contributed by atoms with Crippen molar-refractivity contribution < 1.29 is 57.8 Å². The number of amides is 1. The second-order valence-electron chi connectivity index (χ2n) is 20.6. The summed E-state index contributed by atoms with van der Waals surface area (Å²) in [7, 11) is 3.88. The van der Waals surface area contributed by atoms with Crippen LogP contribution in [0.2, 0.25) is 0 Å². The lowest BCUT2D eigenvalue weighted by Crippen LogP contribution is -2.79. The Labute approximate surface area is 349 Å². The molecule has 0 radical (unpaired) electrons. The summed E-state index contributed by atoms with van der Waals surface area (Å²) in [5, 5.41) is 28.3. The molecule has 2 aliphatic heterocycles. The number of nitrogens with zero attached hydrogens (tertiary/aromatic N) is 1. The normalized spacial score (nSPS) is 36.1. The van der Waals surface area contributed by atoms with E-state index in [2.05, 4.69) is 12.2 Å². The third kappa shape index (κ3) is 8.32. The number of nitrogens with one attached hydrogen (secondary N) is 1. The van der Waals surface area contributed by atoms with Crippen molar-refractivity contribution in [1.82, 2.24) is 10.2 Å². The van der Waals surface area contributed by atoms with E-state index in [1.807, 2.05) is 70.1 Å². The highest BCUT2D eigenvalue weighted by Gasteiger charge is 2.76. The van der Waals surface area contributed by atoms with E-state index >= 15 is 0 Å². The van der Waals surface area contributed by atoms with Crippen LogP contribution in [0.3, 0.4) is 0 Å². The first kappa shape index (κ1) is 45.4. The summed E-state index contributed by atoms with van der Waals surface area (Å²) in [4.78, 5) is 42.3. The van der Waals surface area contributed by atoms with Crippen LogP contribution >= 0.6 is 0 Å². The molecule has 0 aromatic heterocycles. The lowest BCUT2D eigenvalue weighted by Gasteiger charge is -2.68. The number of benzene rings is 1. The van der Waals surface area contributed by atoms with Gasteiger partial charge in [-0.25, -0.2) is 9.59 Å². The molecule has 3 aliphatic carbocycles. The van der Waals surface area contributed by atoms with Gasteiger partial charge in [-0.2, -0.15) is 0 Å². The molecule has 1 amide bonds. The maximum atomic E-state index is 14.3. The van der Waals surface area contributed by atoms with Crippen LogP contribution in [-0.4, -0.2) is 126 Å². The Balaban J connectivity index is 1.50. The number of hydrogen-bond acceptors (Lipinski definition) is 13. The highest BCUT2D eigenvalue weighted by Crippen LogP contribution is 2.66. The van der Waals surface area contributed by atoms with Gasteiger partial charge in [0.2, 0.25) is 0 Å². The van der Waals surface area contributed by atoms with E-state index in [1.54, 1.807) is 41.5 Å². The number of carbonyl (C=O) groups excluding carboxylic acids is 3. The number of rotatable bonds is 10. The van der Waals surface area contributed by atoms with Crippen molar-refractivity contribution in [1.29, 1.82) is 0 Å². The molecule has 12 atom stereocenters. The molecule has 14 heteroatoms. The summed E-state index contributed by atoms with van der Waals surface area (Å²) in [5.41, 5.74) is -4.23. The first-order chi connectivity index (χ1) is 27.2. The summed E-state index contributed by atoms with van der Waals surface area (Å²) in [6, 6.07) is 8.56. The molecule has 2 bridgehead atoms. The number of alkyl carbamates (subject to hydrolysis) is 1. The van der Waals surface area contributed by atoms with Crippen LogP contribution in [-0.2, 0) is 49.4 Å². The number of fused-ring (bicyclic) bond motifs is 8. The molecule has 330 valence electrons. The maximum Gasteiger partial charge on any atom is 0.407 e. The van der Waals surface area contributed by atoms with E-state index < -0.39 is 106 Å². The second-order valence-corrected chi connectivity index (χ2v) is 20.6. The molecule has 1 aromatic rings. The summed E-state index contributed by atoms with van der Waals surface area (Å²) >= 11 is 0. The van der Waals surface area contributed by atoms with Crippen LogP contribution in [0.5, 0.6) is 0 Å². The van der Waals surface area contributed by atoms with Gasteiger partial charge < -0.3 is 53.6 Å². The molecule has 4 fully saturated rings. The molecule has 6 rings (SSSR count). The lowest BCUT2D eigenvalue weighted by atomic mass is 9.45. The van der Waals surface area contributed by atoms with Crippen LogP contribution in [0.25, 0.3) is 0 Å². The van der Waals surface area contributed by atoms with Gasteiger partial charge in [-0.15, -0.1) is 0 Å². The van der Waals surface area contributed by atoms with Gasteiger partial charge >= 0.3 is 18.0 Å². The molecule has 5 aliphatic rings. The van der Waals surface area contributed by atoms with Crippen LogP contribution in [0, 0.1) is 22.2 Å². The predicted molar refractivity (Wildman–Crippen MR) is 217 cm³/mol. The van der Waals surface area contributed by atoms with Crippen molar-refractivity contribution in [3.05, 3.63) is 47.0 Å². The van der Waals surface area contributed by atoms with Crippen LogP contribution in [0.15, 0.2) is 41.5 Å². The first-order valence-electron chi connectivity index (χ1n) is 21.0. The fraction of sp³-hybridized carbons (Fsp3) is 0.756. The number of aliphatic hydroxyl groups excluding tert-OH is 1. The van der Waals surface area contributed by atoms with Crippen molar-refractivity contribution in [3.63, 3.8) is 0 Å². The SMILES string of the molecule is CC(=O)O[C@@]12CO[C@@H]1CC[C@@]1(C)[C@@H]3O[C@H](CN(C)C)O[C@@H]3C3=C(C)[C@@H](OC(=O)[C@H](O)[C@@H](NC(=O)OC(C)(C)C)C(C)(C)C)C[C@@](O)([C@@H](OCc4ccccc4)[C@@H]12)C3(C)C. The number of likely N-dealkylation sites (N-methyl/N-ethyl adjacent to an activating group) is 1. The Hall–Kier alpha value is -3.11. The Bertz CT molecular complexity index is 1770. The Morgan fingerprint density at radius 3 is 2.25 bits per heavy atom. The largest absolute Gasteiger partial charge is 0.456 e. The predicted octanol–water partition coefficient (Wildman–Crippen LogP) is 5.06. The molecule has 1 aromatic carbocycles. The number of aliphatic hydroxyl groups is 2. The van der Waals surface area contributed by atoms with Gasteiger partial charge in [-0.1, -0.05) is 71.9 Å². The minimum absolute atomic E-state index is 0.101. The van der Waals surface area contributed by atoms with Gasteiger partial charge in [0.25, 0.3) is 0 Å². The molecule has 2 heterocycles. The molecule has 0 unspecified atom stereocenters. The fourth-order valence-electron chi connectivity index (χ4n) is 10.7. The second kappa shape index (κ2) is 16.0. The summed E-state index contributed by atoms with van der Waals surface area (Å²) in [5.74, 6) is -2.14. The lowest BCUT2D eigenvalue weighted by molar-refractivity contribution is -0.352. The topological polar surface area (TPSA) is 172 Å². The smallest absolute Gasteiger partial charge is 0.407 e. The number of carbonyl (C=O) groups is 3. The van der Waals surface area contributed by atoms with Crippen LogP contribution < -0.4 is 5.32 Å². The quantitative estimate of drug-likeness (QED) is 0.163. The third-order valence-corrected chi connectivity index (χ3v) is 13.5. The molecule has 0 spiro atoms. The van der Waals surface area contributed by atoms with Crippen molar-refractivity contribution in [2.24, 2.45) is 22.2 Å². The monoisotopic (exact) mass is 828 g/mol. The number of ether oxygens (including phenoxy) is 7. The number of hydrogen-bond donors (Lipinski definition) is 3. The van der Waals surface area contributed by atoms with E-state index in [1.165, 1.54) is 6.92 Å². The van der Waals surface area contributed by atoms with Crippen LogP contribution in [0.4, 0.5) is 4.79 Å². The molecule has 14 nitrogen and oxygen atoms in total. The standard InChI is InChI=1S/C45H68N2O12/c1-25-28(55-38(50)32(49)35(40(3,4)5)46-39(51)59-41(6,7)8)21-45(52)37(53-23-27-17-15-14-16-18-27)34-43(11,20-19-29-44(34,24-54-29)58-26(2)48)36-33(31(25)42(45,9)10)56-30(57-36)22-47(12)13/h14-18,28-30,32-37,49,52H,19-24H2,1-13H3,(H,46,51)/t28-,29+,30+,32+,33+,34-,35+,36+,37-,43+,44-,45+/m0/s1. The van der Waals surface area contributed by atoms with E-state index in [-0.39, 0.29) is 19.6 Å². The third-order valence-electron chi connectivity index (χ3n) is 13.5. The highest BCUT2D eigenvalue weighted by molar-refractivity contribution is 5.78. The zero-order valence-corrected chi connectivity index (χ0v) is 37.2. The Morgan fingerprint density at radius 1 is 1.03 bits per heavy atom. The molecule has 2 saturated heterocycles. The van der Waals surface area contributed by atoms with E-state index in [0.29, 0.717) is 30.5 Å². The summed E-state index contributed by atoms with van der Waals surface area (Å²) in [6.45, 7) is 20.5. The van der Waals surface area contributed by atoms with E-state index in [4.69, 9.17) is 33.2 Å². The molecule has 2 saturated carbocycles. The van der Waals surface area contributed by atoms with Gasteiger partial charge in [0.15, 0.2) is 18.0 Å². The van der Waals surface area contributed by atoms with Gasteiger partial charge in [-0.05, 0) is 76.8 Å². The average molecular weight is 829 g/mol. The highest BCUT2D eigenvalue weighted by atomic mass is 16.7. The zero-order valence-electron chi connectivity index (χ0n) is 37.2. The first-order valence-corrected chi connectivity index (χ1v) is 21.0. The van der Waals surface area contributed by atoms with E-state index in [9.17, 15) is 24.6 Å². The Morgan fingerprint density at radius 2 is 1.69 bits per heavy atom. The fourth-order valence-corrected chi connectivity index (χ4v) is 10.7. The summed E-state index contributed by atoms with van der Waals surface area (Å²) < 4.78 is 45.4. The van der Waals surface area contributed by atoms with Gasteiger partial charge in [0, 0.05) is 36.6 Å². The van der Waals surface area contributed by atoms with Gasteiger partial charge in [0.1, 0.15) is 29.5 Å². The average Bonchev–Trinajstić information content (AvgIpc) is 3.50. The molecule has 59 heavy (non-hydrogen) atoms. The van der Waals surface area contributed by atoms with Crippen molar-refractivity contribution >= 4 is 18.0 Å². The number of esters is 2.